The van der Waals surface area contributed by atoms with Gasteiger partial charge in [0.15, 0.2) is 0 Å². The molecule has 1 fully saturated rings. The van der Waals surface area contributed by atoms with Crippen molar-refractivity contribution in [3.8, 4) is 0 Å². The molecule has 2 aromatic rings. The number of hydrogen-bond acceptors (Lipinski definition) is 3. The van der Waals surface area contributed by atoms with Crippen LogP contribution < -0.4 is 5.73 Å². The zero-order valence-electron chi connectivity index (χ0n) is 10.3. The Morgan fingerprint density at radius 2 is 2.00 bits per heavy atom. The third-order valence-corrected chi connectivity index (χ3v) is 3.92. The lowest BCUT2D eigenvalue weighted by Crippen LogP contribution is -2.37. The normalized spacial score (nSPS) is 28.2. The Hall–Kier alpha value is -1.68. The molecule has 1 aromatic carbocycles. The summed E-state index contributed by atoms with van der Waals surface area (Å²) in [6.45, 7) is 0. The second-order valence-corrected chi connectivity index (χ2v) is 5.03. The van der Waals surface area contributed by atoms with Crippen LogP contribution in [-0.2, 0) is 0 Å². The standard InChI is InChI=1S/C14H18N4/c15-13-7-6-12(11-4-2-1-3-5-11)8-14(13)18-10-16-9-17-18/h1-5,9-10,12-14H,6-8,15H2. The summed E-state index contributed by atoms with van der Waals surface area (Å²) in [5.74, 6) is 0.584. The predicted molar refractivity (Wildman–Crippen MR) is 70.1 cm³/mol. The van der Waals surface area contributed by atoms with Crippen LogP contribution >= 0.6 is 0 Å². The highest BCUT2D eigenvalue weighted by atomic mass is 15.3. The zero-order valence-corrected chi connectivity index (χ0v) is 10.3. The van der Waals surface area contributed by atoms with Gasteiger partial charge in [0, 0.05) is 6.04 Å². The molecule has 1 aliphatic carbocycles. The van der Waals surface area contributed by atoms with Crippen LogP contribution in [0.1, 0.15) is 36.8 Å². The largest absolute Gasteiger partial charge is 0.326 e. The quantitative estimate of drug-likeness (QED) is 0.877. The van der Waals surface area contributed by atoms with Crippen LogP contribution in [0.25, 0.3) is 0 Å². The van der Waals surface area contributed by atoms with E-state index in [0.717, 1.165) is 19.3 Å². The smallest absolute Gasteiger partial charge is 0.137 e. The van der Waals surface area contributed by atoms with Gasteiger partial charge in [-0.15, -0.1) is 0 Å². The molecule has 1 heterocycles. The van der Waals surface area contributed by atoms with E-state index in [0.29, 0.717) is 5.92 Å². The van der Waals surface area contributed by atoms with Crippen LogP contribution in [0, 0.1) is 0 Å². The van der Waals surface area contributed by atoms with Gasteiger partial charge in [-0.25, -0.2) is 9.67 Å². The van der Waals surface area contributed by atoms with Crippen molar-refractivity contribution in [1.29, 1.82) is 0 Å². The second-order valence-electron chi connectivity index (χ2n) is 5.03. The van der Waals surface area contributed by atoms with Gasteiger partial charge in [0.1, 0.15) is 12.7 Å². The van der Waals surface area contributed by atoms with Gasteiger partial charge in [0.2, 0.25) is 0 Å². The van der Waals surface area contributed by atoms with Gasteiger partial charge in [-0.2, -0.15) is 5.10 Å². The van der Waals surface area contributed by atoms with E-state index in [9.17, 15) is 0 Å². The number of benzene rings is 1. The van der Waals surface area contributed by atoms with Crippen LogP contribution in [-0.4, -0.2) is 20.8 Å². The van der Waals surface area contributed by atoms with E-state index >= 15 is 0 Å². The molecule has 0 radical (unpaired) electrons. The predicted octanol–water partition coefficient (Wildman–Crippen LogP) is 2.11. The first kappa shape index (κ1) is 11.4. The lowest BCUT2D eigenvalue weighted by molar-refractivity contribution is 0.261. The van der Waals surface area contributed by atoms with Gasteiger partial charge in [-0.3, -0.25) is 0 Å². The summed E-state index contributed by atoms with van der Waals surface area (Å²) in [4.78, 5) is 4.03. The Morgan fingerprint density at radius 3 is 2.72 bits per heavy atom. The van der Waals surface area contributed by atoms with Crippen molar-refractivity contribution in [2.24, 2.45) is 5.73 Å². The summed E-state index contributed by atoms with van der Waals surface area (Å²) < 4.78 is 1.92. The van der Waals surface area contributed by atoms with Gasteiger partial charge in [0.05, 0.1) is 6.04 Å². The van der Waals surface area contributed by atoms with Gasteiger partial charge in [0.25, 0.3) is 0 Å². The first-order chi connectivity index (χ1) is 8.84. The summed E-state index contributed by atoms with van der Waals surface area (Å²) in [6.07, 6.45) is 6.62. The summed E-state index contributed by atoms with van der Waals surface area (Å²) in [6, 6.07) is 11.1. The molecule has 1 saturated carbocycles. The fourth-order valence-electron chi connectivity index (χ4n) is 2.89. The van der Waals surface area contributed by atoms with E-state index in [2.05, 4.69) is 40.4 Å². The van der Waals surface area contributed by atoms with E-state index in [1.54, 1.807) is 12.7 Å². The Labute approximate surface area is 107 Å². The van der Waals surface area contributed by atoms with Gasteiger partial charge >= 0.3 is 0 Å². The van der Waals surface area contributed by atoms with Crippen LogP contribution in [0.4, 0.5) is 0 Å². The number of nitrogens with zero attached hydrogens (tertiary/aromatic N) is 3. The molecule has 3 atom stereocenters. The molecule has 2 N–H and O–H groups in total. The maximum absolute atomic E-state index is 6.22. The molecule has 3 rings (SSSR count). The monoisotopic (exact) mass is 242 g/mol. The summed E-state index contributed by atoms with van der Waals surface area (Å²) in [7, 11) is 0. The average molecular weight is 242 g/mol. The van der Waals surface area contributed by atoms with Gasteiger partial charge < -0.3 is 5.73 Å². The van der Waals surface area contributed by atoms with Crippen molar-refractivity contribution < 1.29 is 0 Å². The third-order valence-electron chi connectivity index (χ3n) is 3.92. The Morgan fingerprint density at radius 1 is 1.17 bits per heavy atom. The maximum Gasteiger partial charge on any atom is 0.137 e. The SMILES string of the molecule is NC1CCC(c2ccccc2)CC1n1cncn1. The fraction of sp³-hybridized carbons (Fsp3) is 0.429. The first-order valence-corrected chi connectivity index (χ1v) is 6.49. The van der Waals surface area contributed by atoms with Crippen LogP contribution in [0.3, 0.4) is 0 Å². The minimum atomic E-state index is 0.187. The molecule has 4 heteroatoms. The topological polar surface area (TPSA) is 56.7 Å². The minimum absolute atomic E-state index is 0.187. The Bertz CT molecular complexity index is 480. The highest BCUT2D eigenvalue weighted by molar-refractivity contribution is 5.20. The molecule has 0 bridgehead atoms. The first-order valence-electron chi connectivity index (χ1n) is 6.49. The van der Waals surface area contributed by atoms with Crippen molar-refractivity contribution in [2.75, 3.05) is 0 Å². The summed E-state index contributed by atoms with van der Waals surface area (Å²) in [5.41, 5.74) is 7.63. The van der Waals surface area contributed by atoms with Crippen LogP contribution in [0.2, 0.25) is 0 Å². The number of aromatic nitrogens is 3. The second kappa shape index (κ2) is 4.90. The average Bonchev–Trinajstić information content (AvgIpc) is 2.94. The molecule has 3 unspecified atom stereocenters. The molecule has 0 amide bonds. The van der Waals surface area contributed by atoms with Gasteiger partial charge in [-0.1, -0.05) is 30.3 Å². The number of hydrogen-bond donors (Lipinski definition) is 1. The fourth-order valence-corrected chi connectivity index (χ4v) is 2.89. The summed E-state index contributed by atoms with van der Waals surface area (Å²) in [5, 5.41) is 4.24. The summed E-state index contributed by atoms with van der Waals surface area (Å²) >= 11 is 0. The van der Waals surface area contributed by atoms with Crippen molar-refractivity contribution in [1.82, 2.24) is 14.8 Å². The molecular formula is C14H18N4. The van der Waals surface area contributed by atoms with E-state index in [1.807, 2.05) is 4.68 Å². The molecule has 4 nitrogen and oxygen atoms in total. The molecule has 1 aliphatic rings. The molecule has 0 aliphatic heterocycles. The van der Waals surface area contributed by atoms with E-state index < -0.39 is 0 Å². The third kappa shape index (κ3) is 2.16. The van der Waals surface area contributed by atoms with Gasteiger partial charge in [-0.05, 0) is 30.7 Å². The lowest BCUT2D eigenvalue weighted by atomic mass is 9.79. The number of rotatable bonds is 2. The van der Waals surface area contributed by atoms with Crippen molar-refractivity contribution in [2.45, 2.75) is 37.3 Å². The lowest BCUT2D eigenvalue weighted by Gasteiger charge is -2.34. The number of nitrogens with two attached hydrogens (primary N) is 1. The Kier molecular flexibility index (Phi) is 3.11. The van der Waals surface area contributed by atoms with E-state index in [1.165, 1.54) is 5.56 Å². The maximum atomic E-state index is 6.22. The Balaban J connectivity index is 1.80. The minimum Gasteiger partial charge on any atom is -0.326 e. The molecule has 18 heavy (non-hydrogen) atoms. The van der Waals surface area contributed by atoms with Crippen LogP contribution in [0.15, 0.2) is 43.0 Å². The highest BCUT2D eigenvalue weighted by Crippen LogP contribution is 2.37. The van der Waals surface area contributed by atoms with Crippen molar-refractivity contribution in [3.63, 3.8) is 0 Å². The highest BCUT2D eigenvalue weighted by Gasteiger charge is 2.30. The molecule has 94 valence electrons. The van der Waals surface area contributed by atoms with Crippen molar-refractivity contribution in [3.05, 3.63) is 48.5 Å². The van der Waals surface area contributed by atoms with Crippen LogP contribution in [0.5, 0.6) is 0 Å². The van der Waals surface area contributed by atoms with E-state index in [4.69, 9.17) is 5.73 Å². The van der Waals surface area contributed by atoms with E-state index in [-0.39, 0.29) is 12.1 Å². The van der Waals surface area contributed by atoms with Crippen molar-refractivity contribution >= 4 is 0 Å². The zero-order chi connectivity index (χ0) is 12.4. The molecular weight excluding hydrogens is 224 g/mol. The molecule has 0 saturated heterocycles. The molecule has 0 spiro atoms. The molecule has 1 aromatic heterocycles.